The van der Waals surface area contributed by atoms with Gasteiger partial charge in [-0.3, -0.25) is 0 Å². The number of nitrogens with one attached hydrogen (secondary N) is 1. The number of piperidine rings is 1. The summed E-state index contributed by atoms with van der Waals surface area (Å²) >= 11 is 0. The Kier molecular flexibility index (Phi) is 4.16. The molecule has 1 aliphatic carbocycles. The molecule has 2 aliphatic rings. The van der Waals surface area contributed by atoms with Gasteiger partial charge in [-0.15, -0.1) is 0 Å². The van der Waals surface area contributed by atoms with Crippen molar-refractivity contribution in [2.45, 2.75) is 51.9 Å². The van der Waals surface area contributed by atoms with Crippen molar-refractivity contribution in [2.75, 3.05) is 13.1 Å². The lowest BCUT2D eigenvalue weighted by Gasteiger charge is -2.49. The summed E-state index contributed by atoms with van der Waals surface area (Å²) in [6.45, 7) is 7.20. The predicted molar refractivity (Wildman–Crippen MR) is 85.9 cm³/mol. The normalized spacial score (nSPS) is 34.5. The molecular formula is C19H29N. The second-order valence-corrected chi connectivity index (χ2v) is 7.36. The Labute approximate surface area is 124 Å². The third-order valence-electron chi connectivity index (χ3n) is 6.06. The zero-order valence-corrected chi connectivity index (χ0v) is 13.1. The van der Waals surface area contributed by atoms with Crippen molar-refractivity contribution in [2.24, 2.45) is 17.3 Å². The zero-order chi connectivity index (χ0) is 14.0. The van der Waals surface area contributed by atoms with E-state index in [2.05, 4.69) is 49.5 Å². The van der Waals surface area contributed by atoms with Gasteiger partial charge in [0.1, 0.15) is 0 Å². The molecule has 0 amide bonds. The summed E-state index contributed by atoms with van der Waals surface area (Å²) in [6, 6.07) is 11.2. The highest BCUT2D eigenvalue weighted by Crippen LogP contribution is 2.52. The largest absolute Gasteiger partial charge is 0.316 e. The van der Waals surface area contributed by atoms with Crippen molar-refractivity contribution < 1.29 is 0 Å². The van der Waals surface area contributed by atoms with Crippen LogP contribution in [0.15, 0.2) is 30.3 Å². The molecule has 1 N–H and O–H groups in total. The average Bonchev–Trinajstić information content (AvgIpc) is 2.49. The van der Waals surface area contributed by atoms with Crippen LogP contribution in [-0.2, 0) is 0 Å². The van der Waals surface area contributed by atoms with E-state index in [1.54, 1.807) is 5.56 Å². The Bertz CT molecular complexity index is 415. The Morgan fingerprint density at radius 2 is 1.75 bits per heavy atom. The molecular weight excluding hydrogens is 242 g/mol. The van der Waals surface area contributed by atoms with Gasteiger partial charge in [-0.2, -0.15) is 0 Å². The van der Waals surface area contributed by atoms with Crippen LogP contribution in [0.4, 0.5) is 0 Å². The van der Waals surface area contributed by atoms with Crippen LogP contribution in [0.5, 0.6) is 0 Å². The monoisotopic (exact) mass is 271 g/mol. The fourth-order valence-corrected chi connectivity index (χ4v) is 4.61. The van der Waals surface area contributed by atoms with Crippen LogP contribution in [0, 0.1) is 17.3 Å². The Morgan fingerprint density at radius 3 is 2.40 bits per heavy atom. The maximum Gasteiger partial charge on any atom is 0.00255 e. The molecule has 0 radical (unpaired) electrons. The molecule has 1 saturated carbocycles. The van der Waals surface area contributed by atoms with Gasteiger partial charge in [0.05, 0.1) is 0 Å². The molecule has 1 atom stereocenters. The van der Waals surface area contributed by atoms with Gasteiger partial charge >= 0.3 is 0 Å². The Balaban J connectivity index is 1.79. The first kappa shape index (κ1) is 14.1. The molecule has 1 nitrogen and oxygen atoms in total. The molecule has 0 aromatic heterocycles. The van der Waals surface area contributed by atoms with Crippen molar-refractivity contribution in [3.05, 3.63) is 35.9 Å². The summed E-state index contributed by atoms with van der Waals surface area (Å²) in [7, 11) is 0. The molecule has 0 bridgehead atoms. The minimum Gasteiger partial charge on any atom is -0.316 e. The zero-order valence-electron chi connectivity index (χ0n) is 13.1. The molecule has 1 aliphatic heterocycles. The molecule has 2 fully saturated rings. The van der Waals surface area contributed by atoms with Gasteiger partial charge < -0.3 is 5.32 Å². The van der Waals surface area contributed by atoms with E-state index in [9.17, 15) is 0 Å². The molecule has 1 unspecified atom stereocenters. The number of rotatable bonds is 2. The first-order valence-corrected chi connectivity index (χ1v) is 8.47. The highest BCUT2D eigenvalue weighted by atomic mass is 14.9. The predicted octanol–water partition coefficient (Wildman–Crippen LogP) is 4.60. The van der Waals surface area contributed by atoms with Crippen LogP contribution >= 0.6 is 0 Å². The van der Waals surface area contributed by atoms with Crippen molar-refractivity contribution in [3.63, 3.8) is 0 Å². The van der Waals surface area contributed by atoms with E-state index in [-0.39, 0.29) is 0 Å². The second kappa shape index (κ2) is 5.89. The van der Waals surface area contributed by atoms with Gasteiger partial charge in [-0.05, 0) is 61.5 Å². The summed E-state index contributed by atoms with van der Waals surface area (Å²) in [5.41, 5.74) is 2.14. The van der Waals surface area contributed by atoms with Gasteiger partial charge in [0.25, 0.3) is 0 Å². The van der Waals surface area contributed by atoms with Gasteiger partial charge in [-0.25, -0.2) is 0 Å². The van der Waals surface area contributed by atoms with Gasteiger partial charge in [0, 0.05) is 12.5 Å². The Morgan fingerprint density at radius 1 is 1.05 bits per heavy atom. The van der Waals surface area contributed by atoms with Crippen LogP contribution in [0.2, 0.25) is 0 Å². The first-order chi connectivity index (χ1) is 9.71. The van der Waals surface area contributed by atoms with Crippen LogP contribution in [0.25, 0.3) is 0 Å². The maximum absolute atomic E-state index is 3.64. The minimum absolute atomic E-state index is 0.581. The quantitative estimate of drug-likeness (QED) is 0.829. The van der Waals surface area contributed by atoms with E-state index in [4.69, 9.17) is 0 Å². The number of benzene rings is 1. The molecule has 1 aromatic carbocycles. The molecule has 1 heterocycles. The van der Waals surface area contributed by atoms with E-state index >= 15 is 0 Å². The Hall–Kier alpha value is -0.820. The smallest absolute Gasteiger partial charge is 0.00255 e. The molecule has 1 heteroatoms. The highest BCUT2D eigenvalue weighted by molar-refractivity contribution is 5.24. The highest BCUT2D eigenvalue weighted by Gasteiger charge is 2.43. The van der Waals surface area contributed by atoms with E-state index < -0.39 is 0 Å². The van der Waals surface area contributed by atoms with Gasteiger partial charge in [-0.1, -0.05) is 44.2 Å². The fourth-order valence-electron chi connectivity index (χ4n) is 4.61. The molecule has 1 saturated heterocycles. The lowest BCUT2D eigenvalue weighted by Crippen LogP contribution is -2.45. The standard InChI is InChI=1S/C19H29N/c1-15(2)16-8-10-19(11-9-16)12-13-20-14-18(19)17-6-4-3-5-7-17/h3-7,15-16,18,20H,8-14H2,1-2H3. The molecule has 110 valence electrons. The number of hydrogen-bond acceptors (Lipinski definition) is 1. The summed E-state index contributed by atoms with van der Waals surface area (Å²) < 4.78 is 0. The van der Waals surface area contributed by atoms with E-state index in [1.807, 2.05) is 0 Å². The lowest BCUT2D eigenvalue weighted by molar-refractivity contribution is 0.0670. The summed E-state index contributed by atoms with van der Waals surface area (Å²) in [6.07, 6.45) is 7.15. The van der Waals surface area contributed by atoms with E-state index in [0.717, 1.165) is 17.8 Å². The summed E-state index contributed by atoms with van der Waals surface area (Å²) in [4.78, 5) is 0. The van der Waals surface area contributed by atoms with Crippen LogP contribution in [0.1, 0.15) is 57.4 Å². The number of hydrogen-bond donors (Lipinski definition) is 1. The van der Waals surface area contributed by atoms with Crippen LogP contribution in [-0.4, -0.2) is 13.1 Å². The minimum atomic E-state index is 0.581. The van der Waals surface area contributed by atoms with Gasteiger partial charge in [0.2, 0.25) is 0 Å². The van der Waals surface area contributed by atoms with Crippen LogP contribution < -0.4 is 5.32 Å². The molecule has 20 heavy (non-hydrogen) atoms. The van der Waals surface area contributed by atoms with Crippen molar-refractivity contribution in [3.8, 4) is 0 Å². The molecule has 1 spiro atoms. The topological polar surface area (TPSA) is 12.0 Å². The summed E-state index contributed by atoms with van der Waals surface area (Å²) in [5, 5.41) is 3.64. The van der Waals surface area contributed by atoms with Crippen LogP contribution in [0.3, 0.4) is 0 Å². The average molecular weight is 271 g/mol. The third-order valence-corrected chi connectivity index (χ3v) is 6.06. The van der Waals surface area contributed by atoms with Gasteiger partial charge in [0.15, 0.2) is 0 Å². The van der Waals surface area contributed by atoms with Crippen molar-refractivity contribution in [1.29, 1.82) is 0 Å². The fraction of sp³-hybridized carbons (Fsp3) is 0.684. The van der Waals surface area contributed by atoms with E-state index in [0.29, 0.717) is 5.41 Å². The third kappa shape index (κ3) is 2.65. The second-order valence-electron chi connectivity index (χ2n) is 7.36. The summed E-state index contributed by atoms with van der Waals surface area (Å²) in [5.74, 6) is 2.56. The molecule has 1 aromatic rings. The van der Waals surface area contributed by atoms with E-state index in [1.165, 1.54) is 45.2 Å². The molecule has 3 rings (SSSR count). The first-order valence-electron chi connectivity index (χ1n) is 8.47. The van der Waals surface area contributed by atoms with Crippen molar-refractivity contribution in [1.82, 2.24) is 5.32 Å². The maximum atomic E-state index is 3.64. The lowest BCUT2D eigenvalue weighted by atomic mass is 9.58. The SMILES string of the molecule is CC(C)C1CCC2(CCNCC2c2ccccc2)CC1. The van der Waals surface area contributed by atoms with Crippen molar-refractivity contribution >= 4 is 0 Å².